The van der Waals surface area contributed by atoms with Crippen LogP contribution in [-0.2, 0) is 0 Å². The average Bonchev–Trinajstić information content (AvgIpc) is 3.06. The van der Waals surface area contributed by atoms with E-state index in [1.165, 1.54) is 0 Å². The standard InChI is InChI=1S/C36H47N7O/c1-2-30-11-13-31(14-12-30)26-39-22-20-38-21-23-40-27-32-15-17-33(18-16-32)28-41-24-25-42-29-35(37)10-6-7-19-43-36(44)34-8-4-3-5-9-34/h2-5,8-9,11-18,26-28,35,38,42H,1,6-7,10,19-25,29,37H2,(H,43,44). The second-order valence-corrected chi connectivity index (χ2v) is 10.5. The first-order valence-electron chi connectivity index (χ1n) is 15.5. The summed E-state index contributed by atoms with van der Waals surface area (Å²) in [6.45, 7) is 9.77. The summed E-state index contributed by atoms with van der Waals surface area (Å²) in [6, 6.07) is 25.8. The molecule has 44 heavy (non-hydrogen) atoms. The zero-order valence-electron chi connectivity index (χ0n) is 25.7. The van der Waals surface area contributed by atoms with Crippen LogP contribution in [0, 0.1) is 0 Å². The van der Waals surface area contributed by atoms with Crippen molar-refractivity contribution >= 4 is 30.6 Å². The molecule has 0 aliphatic heterocycles. The molecule has 8 heteroatoms. The number of hydrogen-bond donors (Lipinski definition) is 4. The van der Waals surface area contributed by atoms with Crippen molar-refractivity contribution < 1.29 is 4.79 Å². The third kappa shape index (κ3) is 14.8. The molecule has 0 heterocycles. The van der Waals surface area contributed by atoms with Crippen molar-refractivity contribution in [2.75, 3.05) is 52.4 Å². The highest BCUT2D eigenvalue weighted by Gasteiger charge is 2.04. The fourth-order valence-corrected chi connectivity index (χ4v) is 4.27. The van der Waals surface area contributed by atoms with Crippen molar-refractivity contribution in [1.82, 2.24) is 16.0 Å². The van der Waals surface area contributed by atoms with Crippen LogP contribution in [0.1, 0.15) is 51.9 Å². The zero-order chi connectivity index (χ0) is 31.1. The molecule has 1 amide bonds. The second-order valence-electron chi connectivity index (χ2n) is 10.5. The number of amides is 1. The summed E-state index contributed by atoms with van der Waals surface area (Å²) in [5.41, 5.74) is 11.3. The maximum atomic E-state index is 12.0. The van der Waals surface area contributed by atoms with Crippen LogP contribution < -0.4 is 21.7 Å². The van der Waals surface area contributed by atoms with Crippen molar-refractivity contribution in [2.24, 2.45) is 20.7 Å². The minimum atomic E-state index is -0.0259. The van der Waals surface area contributed by atoms with Crippen molar-refractivity contribution in [3.63, 3.8) is 0 Å². The highest BCUT2D eigenvalue weighted by atomic mass is 16.1. The molecule has 0 saturated heterocycles. The largest absolute Gasteiger partial charge is 0.352 e. The van der Waals surface area contributed by atoms with Gasteiger partial charge in [-0.1, -0.05) is 85.8 Å². The number of nitrogens with one attached hydrogen (secondary N) is 3. The van der Waals surface area contributed by atoms with Crippen LogP contribution in [0.25, 0.3) is 6.08 Å². The first-order valence-corrected chi connectivity index (χ1v) is 15.5. The monoisotopic (exact) mass is 593 g/mol. The summed E-state index contributed by atoms with van der Waals surface area (Å²) >= 11 is 0. The van der Waals surface area contributed by atoms with Crippen LogP contribution in [0.3, 0.4) is 0 Å². The first kappa shape index (κ1) is 34.3. The number of carbonyl (C=O) groups excluding carboxylic acids is 1. The summed E-state index contributed by atoms with van der Waals surface area (Å²) < 4.78 is 0. The van der Waals surface area contributed by atoms with E-state index in [0.717, 1.165) is 80.8 Å². The molecule has 0 aromatic heterocycles. The van der Waals surface area contributed by atoms with E-state index in [-0.39, 0.29) is 11.9 Å². The van der Waals surface area contributed by atoms with Gasteiger partial charge in [-0.05, 0) is 47.2 Å². The van der Waals surface area contributed by atoms with Crippen molar-refractivity contribution in [1.29, 1.82) is 0 Å². The van der Waals surface area contributed by atoms with E-state index in [9.17, 15) is 4.79 Å². The lowest BCUT2D eigenvalue weighted by atomic mass is 10.1. The SMILES string of the molecule is C=Cc1ccc(C=NCCNCCN=Cc2ccc(C=NCCNCC(N)CCCCNC(=O)c3ccccc3)cc2)cc1. The Morgan fingerprint density at radius 3 is 1.70 bits per heavy atom. The smallest absolute Gasteiger partial charge is 0.251 e. The average molecular weight is 594 g/mol. The molecule has 0 radical (unpaired) electrons. The number of carbonyl (C=O) groups is 1. The summed E-state index contributed by atoms with van der Waals surface area (Å²) in [6.07, 6.45) is 10.4. The Hall–Kier alpha value is -4.24. The molecule has 8 nitrogen and oxygen atoms in total. The van der Waals surface area contributed by atoms with Crippen LogP contribution in [0.15, 0.2) is 100 Å². The number of nitrogens with two attached hydrogens (primary N) is 1. The zero-order valence-corrected chi connectivity index (χ0v) is 25.7. The molecule has 0 aliphatic rings. The van der Waals surface area contributed by atoms with Gasteiger partial charge in [-0.25, -0.2) is 0 Å². The van der Waals surface area contributed by atoms with E-state index in [0.29, 0.717) is 18.7 Å². The summed E-state index contributed by atoms with van der Waals surface area (Å²) in [4.78, 5) is 25.5. The second kappa shape index (κ2) is 21.4. The Bertz CT molecular complexity index is 1300. The van der Waals surface area contributed by atoms with Crippen molar-refractivity contribution in [3.8, 4) is 0 Å². The van der Waals surface area contributed by atoms with E-state index < -0.39 is 0 Å². The maximum Gasteiger partial charge on any atom is 0.251 e. The quantitative estimate of drug-likeness (QED) is 0.108. The van der Waals surface area contributed by atoms with Gasteiger partial charge in [0.1, 0.15) is 0 Å². The minimum absolute atomic E-state index is 0.0259. The van der Waals surface area contributed by atoms with Gasteiger partial charge in [-0.3, -0.25) is 19.8 Å². The fourth-order valence-electron chi connectivity index (χ4n) is 4.27. The van der Waals surface area contributed by atoms with Crippen LogP contribution in [-0.4, -0.2) is 83.0 Å². The number of aliphatic imine (C=N–C) groups is 3. The Morgan fingerprint density at radius 1 is 0.682 bits per heavy atom. The molecule has 5 N–H and O–H groups in total. The van der Waals surface area contributed by atoms with E-state index in [1.807, 2.05) is 79.3 Å². The number of hydrogen-bond acceptors (Lipinski definition) is 7. The molecule has 1 unspecified atom stereocenters. The van der Waals surface area contributed by atoms with Gasteiger partial charge in [0.2, 0.25) is 0 Å². The van der Waals surface area contributed by atoms with Gasteiger partial charge in [0.15, 0.2) is 0 Å². The lowest BCUT2D eigenvalue weighted by Crippen LogP contribution is -2.35. The Kier molecular flexibility index (Phi) is 16.7. The van der Waals surface area contributed by atoms with Crippen LogP contribution in [0.4, 0.5) is 0 Å². The third-order valence-corrected chi connectivity index (χ3v) is 6.81. The molecule has 3 rings (SSSR count). The van der Waals surface area contributed by atoms with E-state index in [4.69, 9.17) is 5.73 Å². The molecule has 0 spiro atoms. The minimum Gasteiger partial charge on any atom is -0.352 e. The number of rotatable bonds is 21. The highest BCUT2D eigenvalue weighted by molar-refractivity contribution is 5.94. The lowest BCUT2D eigenvalue weighted by Gasteiger charge is -2.12. The van der Waals surface area contributed by atoms with E-state index >= 15 is 0 Å². The molecule has 3 aromatic rings. The number of benzene rings is 3. The highest BCUT2D eigenvalue weighted by Crippen LogP contribution is 2.04. The molecular weight excluding hydrogens is 546 g/mol. The van der Waals surface area contributed by atoms with Gasteiger partial charge in [-0.2, -0.15) is 0 Å². The maximum absolute atomic E-state index is 12.0. The fraction of sp³-hybridized carbons (Fsp3) is 0.333. The van der Waals surface area contributed by atoms with Gasteiger partial charge in [0.05, 0.1) is 19.6 Å². The van der Waals surface area contributed by atoms with Crippen LogP contribution >= 0.6 is 0 Å². The van der Waals surface area contributed by atoms with Crippen LogP contribution in [0.2, 0.25) is 0 Å². The molecule has 3 aromatic carbocycles. The van der Waals surface area contributed by atoms with E-state index in [1.54, 1.807) is 0 Å². The summed E-state index contributed by atoms with van der Waals surface area (Å²) in [7, 11) is 0. The van der Waals surface area contributed by atoms with Gasteiger partial charge >= 0.3 is 0 Å². The molecule has 0 saturated carbocycles. The molecular formula is C36H47N7O. The van der Waals surface area contributed by atoms with E-state index in [2.05, 4.69) is 61.8 Å². The normalized spacial score (nSPS) is 12.3. The molecule has 0 bridgehead atoms. The Labute approximate surface area is 262 Å². The molecule has 0 fully saturated rings. The van der Waals surface area contributed by atoms with Crippen molar-refractivity contribution in [2.45, 2.75) is 25.3 Å². The van der Waals surface area contributed by atoms with Crippen molar-refractivity contribution in [3.05, 3.63) is 113 Å². The number of unbranched alkanes of at least 4 members (excludes halogenated alkanes) is 1. The predicted molar refractivity (Wildman–Crippen MR) is 187 cm³/mol. The van der Waals surface area contributed by atoms with Gasteiger partial charge in [-0.15, -0.1) is 0 Å². The third-order valence-electron chi connectivity index (χ3n) is 6.81. The number of nitrogens with zero attached hydrogens (tertiary/aromatic N) is 3. The molecule has 232 valence electrons. The Balaban J connectivity index is 1.15. The van der Waals surface area contributed by atoms with Gasteiger partial charge in [0.25, 0.3) is 5.91 Å². The van der Waals surface area contributed by atoms with Gasteiger partial charge in [0, 0.05) is 63.0 Å². The lowest BCUT2D eigenvalue weighted by molar-refractivity contribution is 0.0953. The molecule has 1 atom stereocenters. The topological polar surface area (TPSA) is 116 Å². The molecule has 0 aliphatic carbocycles. The Morgan fingerprint density at radius 2 is 1.18 bits per heavy atom. The predicted octanol–water partition coefficient (Wildman–Crippen LogP) is 4.39. The first-order chi connectivity index (χ1) is 21.6. The van der Waals surface area contributed by atoms with Gasteiger partial charge < -0.3 is 21.7 Å². The summed E-state index contributed by atoms with van der Waals surface area (Å²) in [5.74, 6) is -0.0259. The van der Waals surface area contributed by atoms with Crippen LogP contribution in [0.5, 0.6) is 0 Å². The summed E-state index contributed by atoms with van der Waals surface area (Å²) in [5, 5.41) is 9.70.